The number of hydrogen-bond acceptors (Lipinski definition) is 4. The molecule has 0 fully saturated rings. The van der Waals surface area contributed by atoms with Gasteiger partial charge in [0.15, 0.2) is 0 Å². The average molecular weight is 384 g/mol. The van der Waals surface area contributed by atoms with E-state index in [9.17, 15) is 8.42 Å². The Labute approximate surface area is 134 Å². The third kappa shape index (κ3) is 2.92. The summed E-state index contributed by atoms with van der Waals surface area (Å²) in [5.41, 5.74) is 2.56. The smallest absolute Gasteiger partial charge is 0.264 e. The van der Waals surface area contributed by atoms with Crippen molar-refractivity contribution in [3.8, 4) is 0 Å². The minimum atomic E-state index is -3.69. The molecular weight excluding hydrogens is 374 g/mol. The Morgan fingerprint density at radius 1 is 1.10 bits per heavy atom. The van der Waals surface area contributed by atoms with Gasteiger partial charge in [-0.25, -0.2) is 8.42 Å². The molecule has 0 radical (unpaired) electrons. The minimum Gasteiger partial charge on any atom is -0.280 e. The third-order valence-corrected chi connectivity index (χ3v) is 5.50. The number of sulfonamides is 1. The van der Waals surface area contributed by atoms with Crippen molar-refractivity contribution in [2.24, 2.45) is 8.73 Å². The zero-order chi connectivity index (χ0) is 14.9. The van der Waals surface area contributed by atoms with Crippen molar-refractivity contribution < 1.29 is 8.42 Å². The molecular formula is C13H10BrN3O2S2. The van der Waals surface area contributed by atoms with E-state index in [0.717, 1.165) is 22.2 Å². The zero-order valence-electron chi connectivity index (χ0n) is 10.7. The average Bonchev–Trinajstić information content (AvgIpc) is 2.95. The predicted octanol–water partition coefficient (Wildman–Crippen LogP) is 4.11. The van der Waals surface area contributed by atoms with Crippen molar-refractivity contribution in [3.63, 3.8) is 0 Å². The molecule has 8 heteroatoms. The maximum Gasteiger partial charge on any atom is 0.264 e. The molecule has 0 spiro atoms. The Morgan fingerprint density at radius 2 is 1.86 bits per heavy atom. The minimum absolute atomic E-state index is 0.137. The summed E-state index contributed by atoms with van der Waals surface area (Å²) >= 11 is 4.35. The molecule has 0 aromatic heterocycles. The van der Waals surface area contributed by atoms with Crippen LogP contribution >= 0.6 is 15.9 Å². The number of halogens is 1. The summed E-state index contributed by atoms with van der Waals surface area (Å²) in [5, 5.41) is 0.726. The SMILES string of the molecule is O=S(=O)(Nc1ccc(CBr)cc1)c1cccc2c1N=S=N2. The van der Waals surface area contributed by atoms with Gasteiger partial charge in [-0.15, -0.1) is 0 Å². The van der Waals surface area contributed by atoms with E-state index in [0.29, 0.717) is 17.1 Å². The topological polar surface area (TPSA) is 70.9 Å². The van der Waals surface area contributed by atoms with Crippen molar-refractivity contribution in [2.75, 3.05) is 4.72 Å². The molecule has 0 bridgehead atoms. The number of alkyl halides is 1. The summed E-state index contributed by atoms with van der Waals surface area (Å²) in [6, 6.07) is 12.1. The molecule has 0 aliphatic carbocycles. The van der Waals surface area contributed by atoms with Crippen LogP contribution in [-0.4, -0.2) is 8.42 Å². The third-order valence-electron chi connectivity index (χ3n) is 2.90. The molecule has 1 N–H and O–H groups in total. The quantitative estimate of drug-likeness (QED) is 0.688. The molecule has 1 heterocycles. The van der Waals surface area contributed by atoms with Gasteiger partial charge in [-0.1, -0.05) is 34.1 Å². The summed E-state index contributed by atoms with van der Waals surface area (Å²) < 4.78 is 35.6. The van der Waals surface area contributed by atoms with Gasteiger partial charge in [0.2, 0.25) is 0 Å². The van der Waals surface area contributed by atoms with E-state index in [4.69, 9.17) is 0 Å². The molecule has 0 amide bonds. The van der Waals surface area contributed by atoms with Crippen LogP contribution in [0.5, 0.6) is 0 Å². The standard InChI is InChI=1S/C13H10BrN3O2S2/c14-8-9-4-6-10(7-5-9)17-21(18,19)12-3-1-2-11-13(12)16-20-15-11/h1-7,17H,8H2. The van der Waals surface area contributed by atoms with E-state index in [2.05, 4.69) is 29.4 Å². The van der Waals surface area contributed by atoms with Gasteiger partial charge in [-0.3, -0.25) is 4.72 Å². The molecule has 1 aliphatic rings. The summed E-state index contributed by atoms with van der Waals surface area (Å²) in [6.07, 6.45) is 0. The molecule has 1 aliphatic heterocycles. The van der Waals surface area contributed by atoms with Gasteiger partial charge in [0.05, 0.1) is 11.4 Å². The molecule has 0 saturated heterocycles. The molecule has 3 rings (SSSR count). The largest absolute Gasteiger partial charge is 0.280 e. The van der Waals surface area contributed by atoms with E-state index >= 15 is 0 Å². The number of nitrogens with zero attached hydrogens (tertiary/aromatic N) is 2. The van der Waals surface area contributed by atoms with Crippen LogP contribution in [-0.2, 0) is 26.7 Å². The molecule has 0 unspecified atom stereocenters. The first-order valence-electron chi connectivity index (χ1n) is 5.99. The van der Waals surface area contributed by atoms with Crippen molar-refractivity contribution in [2.45, 2.75) is 10.2 Å². The monoisotopic (exact) mass is 383 g/mol. The molecule has 5 nitrogen and oxygen atoms in total. The summed E-state index contributed by atoms with van der Waals surface area (Å²) in [6.45, 7) is 0. The fourth-order valence-corrected chi connectivity index (χ4v) is 4.07. The van der Waals surface area contributed by atoms with Gasteiger partial charge in [0.25, 0.3) is 10.0 Å². The summed E-state index contributed by atoms with van der Waals surface area (Å²) in [7, 11) is -3.69. The lowest BCUT2D eigenvalue weighted by Crippen LogP contribution is -2.13. The fourth-order valence-electron chi connectivity index (χ4n) is 1.87. The van der Waals surface area contributed by atoms with Crippen LogP contribution < -0.4 is 4.72 Å². The number of anilines is 1. The Kier molecular flexibility index (Phi) is 3.92. The molecule has 108 valence electrons. The first-order valence-corrected chi connectivity index (χ1v) is 9.33. The van der Waals surface area contributed by atoms with Crippen molar-refractivity contribution in [3.05, 3.63) is 48.0 Å². The van der Waals surface area contributed by atoms with Gasteiger partial charge < -0.3 is 0 Å². The maximum atomic E-state index is 12.5. The van der Waals surface area contributed by atoms with Gasteiger partial charge in [-0.05, 0) is 29.8 Å². The lowest BCUT2D eigenvalue weighted by atomic mass is 10.2. The Bertz CT molecular complexity index is 857. The lowest BCUT2D eigenvalue weighted by molar-refractivity contribution is 0.601. The second-order valence-electron chi connectivity index (χ2n) is 4.32. The van der Waals surface area contributed by atoms with Crippen LogP contribution in [0.2, 0.25) is 0 Å². The number of benzene rings is 2. The number of hydrogen-bond donors (Lipinski definition) is 1. The van der Waals surface area contributed by atoms with Gasteiger partial charge in [0, 0.05) is 11.0 Å². The van der Waals surface area contributed by atoms with E-state index in [-0.39, 0.29) is 4.90 Å². The highest BCUT2D eigenvalue weighted by molar-refractivity contribution is 9.08. The second kappa shape index (κ2) is 5.70. The van der Waals surface area contributed by atoms with Crippen LogP contribution in [0.4, 0.5) is 17.1 Å². The van der Waals surface area contributed by atoms with Gasteiger partial charge in [0.1, 0.15) is 16.3 Å². The van der Waals surface area contributed by atoms with Crippen LogP contribution in [0.15, 0.2) is 56.1 Å². The normalized spacial score (nSPS) is 12.8. The first kappa shape index (κ1) is 14.4. The first-order chi connectivity index (χ1) is 10.1. The van der Waals surface area contributed by atoms with Crippen molar-refractivity contribution in [1.82, 2.24) is 0 Å². The fraction of sp³-hybridized carbons (Fsp3) is 0.0769. The van der Waals surface area contributed by atoms with E-state index in [1.165, 1.54) is 6.07 Å². The maximum absolute atomic E-state index is 12.5. The Morgan fingerprint density at radius 3 is 2.57 bits per heavy atom. The second-order valence-corrected chi connectivity index (χ2v) is 7.06. The molecule has 2 aromatic carbocycles. The van der Waals surface area contributed by atoms with Crippen LogP contribution in [0.1, 0.15) is 5.56 Å². The van der Waals surface area contributed by atoms with Crippen molar-refractivity contribution >= 4 is 54.4 Å². The predicted molar refractivity (Wildman–Crippen MR) is 87.9 cm³/mol. The molecule has 0 saturated carbocycles. The Hall–Kier alpha value is -1.51. The summed E-state index contributed by atoms with van der Waals surface area (Å²) in [4.78, 5) is 0.137. The number of nitrogens with one attached hydrogen (secondary N) is 1. The number of rotatable bonds is 4. The van der Waals surface area contributed by atoms with Crippen molar-refractivity contribution in [1.29, 1.82) is 0 Å². The van der Waals surface area contributed by atoms with Crippen LogP contribution in [0.3, 0.4) is 0 Å². The van der Waals surface area contributed by atoms with E-state index in [1.54, 1.807) is 24.3 Å². The van der Waals surface area contributed by atoms with E-state index in [1.807, 2.05) is 12.1 Å². The van der Waals surface area contributed by atoms with E-state index < -0.39 is 10.0 Å². The lowest BCUT2D eigenvalue weighted by Gasteiger charge is -2.10. The van der Waals surface area contributed by atoms with Gasteiger partial charge >= 0.3 is 0 Å². The summed E-state index contributed by atoms with van der Waals surface area (Å²) in [5.74, 6) is 0. The van der Waals surface area contributed by atoms with Crippen LogP contribution in [0.25, 0.3) is 0 Å². The highest BCUT2D eigenvalue weighted by Gasteiger charge is 2.22. The zero-order valence-corrected chi connectivity index (χ0v) is 13.9. The molecule has 21 heavy (non-hydrogen) atoms. The molecule has 2 aromatic rings. The number of fused-ring (bicyclic) bond motifs is 1. The highest BCUT2D eigenvalue weighted by Crippen LogP contribution is 2.37. The molecule has 0 atom stereocenters. The highest BCUT2D eigenvalue weighted by atomic mass is 79.9. The van der Waals surface area contributed by atoms with Crippen LogP contribution in [0, 0.1) is 0 Å². The van der Waals surface area contributed by atoms with Gasteiger partial charge in [-0.2, -0.15) is 8.73 Å². The Balaban J connectivity index is 1.94.